The average Bonchev–Trinajstić information content (AvgIpc) is 2.61. The van der Waals surface area contributed by atoms with Gasteiger partial charge < -0.3 is 0 Å². The normalized spacial score (nSPS) is 12.4. The maximum Gasteiger partial charge on any atom is 0.170 e. The summed E-state index contributed by atoms with van der Waals surface area (Å²) >= 11 is 0. The highest BCUT2D eigenvalue weighted by Crippen LogP contribution is 2.35. The maximum absolute atomic E-state index is 13.6. The molecule has 2 aromatic rings. The van der Waals surface area contributed by atoms with Gasteiger partial charge in [-0.2, -0.15) is 0 Å². The zero-order valence-electron chi connectivity index (χ0n) is 18.5. The molecule has 0 saturated carbocycles. The minimum Gasteiger partial charge on any atom is -0.293 e. The Hall–Kier alpha value is -1.89. The first kappa shape index (κ1) is 20.4. The topological polar surface area (TPSA) is 17.1 Å². The second kappa shape index (κ2) is 7.02. The first-order valence-corrected chi connectivity index (χ1v) is 9.61. The van der Waals surface area contributed by atoms with Gasteiger partial charge in [0.15, 0.2) is 5.78 Å². The Bertz CT molecular complexity index is 855. The van der Waals surface area contributed by atoms with Crippen LogP contribution in [0.15, 0.2) is 0 Å². The molecule has 26 heavy (non-hydrogen) atoms. The van der Waals surface area contributed by atoms with Crippen LogP contribution in [0.4, 0.5) is 0 Å². The molecule has 0 aliphatic heterocycles. The molecule has 2 rings (SSSR count). The van der Waals surface area contributed by atoms with E-state index < -0.39 is 0 Å². The summed E-state index contributed by atoms with van der Waals surface area (Å²) in [7, 11) is 0. The summed E-state index contributed by atoms with van der Waals surface area (Å²) in [5.74, 6) is 0.118. The molecule has 1 atom stereocenters. The Kier molecular flexibility index (Phi) is 5.52. The van der Waals surface area contributed by atoms with E-state index in [1.807, 2.05) is 0 Å². The van der Waals surface area contributed by atoms with Gasteiger partial charge in [0.25, 0.3) is 0 Å². The molecule has 1 heteroatoms. The fraction of sp³-hybridized carbons (Fsp3) is 0.480. The molecule has 0 N–H and O–H groups in total. The number of Topliss-reactive ketones (excluding diaryl/α,β-unsaturated/α-hetero) is 1. The molecule has 2 aromatic carbocycles. The fourth-order valence-electron chi connectivity index (χ4n) is 4.40. The number of rotatable bonds is 3. The monoisotopic (exact) mass is 350 g/mol. The van der Waals surface area contributed by atoms with Crippen LogP contribution in [0.3, 0.4) is 0 Å². The van der Waals surface area contributed by atoms with E-state index >= 15 is 0 Å². The Labute approximate surface area is 159 Å². The van der Waals surface area contributed by atoms with Gasteiger partial charge in [-0.3, -0.25) is 4.79 Å². The summed E-state index contributed by atoms with van der Waals surface area (Å²) in [5, 5.41) is 0. The van der Waals surface area contributed by atoms with Gasteiger partial charge in [-0.15, -0.1) is 0 Å². The summed E-state index contributed by atoms with van der Waals surface area (Å²) in [6, 6.07) is 0. The summed E-state index contributed by atoms with van der Waals surface area (Å²) in [6.45, 7) is 23.6. The highest BCUT2D eigenvalue weighted by molar-refractivity contribution is 6.04. The largest absolute Gasteiger partial charge is 0.293 e. The van der Waals surface area contributed by atoms with E-state index in [9.17, 15) is 4.79 Å². The van der Waals surface area contributed by atoms with Crippen molar-refractivity contribution in [1.82, 2.24) is 0 Å². The smallest absolute Gasteiger partial charge is 0.170 e. The van der Waals surface area contributed by atoms with E-state index in [-0.39, 0.29) is 11.7 Å². The number of hydrogen-bond acceptors (Lipinski definition) is 1. The van der Waals surface area contributed by atoms with Gasteiger partial charge in [0, 0.05) is 11.5 Å². The minimum absolute atomic E-state index is 0.132. The summed E-state index contributed by atoms with van der Waals surface area (Å²) in [6.07, 6.45) is 0. The first-order valence-electron chi connectivity index (χ1n) is 9.61. The molecule has 0 spiro atoms. The molecule has 0 fully saturated rings. The molecular formula is C25H34O. The van der Waals surface area contributed by atoms with Gasteiger partial charge in [-0.05, 0) is 130 Å². The number of carbonyl (C=O) groups is 1. The highest BCUT2D eigenvalue weighted by atomic mass is 16.1. The van der Waals surface area contributed by atoms with Crippen LogP contribution in [0.1, 0.15) is 84.4 Å². The van der Waals surface area contributed by atoms with Crippen LogP contribution in [0, 0.1) is 69.2 Å². The van der Waals surface area contributed by atoms with Crippen LogP contribution in [0.25, 0.3) is 0 Å². The van der Waals surface area contributed by atoms with Crippen LogP contribution in [0.2, 0.25) is 0 Å². The fourth-order valence-corrected chi connectivity index (χ4v) is 4.40. The van der Waals surface area contributed by atoms with Crippen LogP contribution < -0.4 is 0 Å². The van der Waals surface area contributed by atoms with Gasteiger partial charge >= 0.3 is 0 Å². The Morgan fingerprint density at radius 3 is 1.12 bits per heavy atom. The predicted octanol–water partition coefficient (Wildman–Crippen LogP) is 6.76. The van der Waals surface area contributed by atoms with E-state index in [1.54, 1.807) is 0 Å². The van der Waals surface area contributed by atoms with Gasteiger partial charge in [0.05, 0.1) is 0 Å². The van der Waals surface area contributed by atoms with Crippen molar-refractivity contribution in [1.29, 1.82) is 0 Å². The molecule has 0 aromatic heterocycles. The van der Waals surface area contributed by atoms with E-state index in [0.29, 0.717) is 0 Å². The lowest BCUT2D eigenvalue weighted by Gasteiger charge is -2.25. The third kappa shape index (κ3) is 2.92. The number of benzene rings is 2. The first-order chi connectivity index (χ1) is 11.9. The van der Waals surface area contributed by atoms with Crippen molar-refractivity contribution < 1.29 is 4.79 Å². The Morgan fingerprint density at radius 1 is 0.500 bits per heavy atom. The maximum atomic E-state index is 13.6. The highest BCUT2D eigenvalue weighted by Gasteiger charge is 2.27. The number of ketones is 1. The summed E-state index contributed by atoms with van der Waals surface area (Å²) in [4.78, 5) is 13.6. The third-order valence-electron chi connectivity index (χ3n) is 7.13. The van der Waals surface area contributed by atoms with Crippen molar-refractivity contribution in [2.45, 2.75) is 82.1 Å². The van der Waals surface area contributed by atoms with Crippen LogP contribution >= 0.6 is 0 Å². The van der Waals surface area contributed by atoms with Crippen molar-refractivity contribution in [2.24, 2.45) is 0 Å². The Morgan fingerprint density at radius 2 is 0.769 bits per heavy atom. The molecule has 0 aliphatic carbocycles. The minimum atomic E-state index is -0.132. The molecule has 0 heterocycles. The van der Waals surface area contributed by atoms with Gasteiger partial charge in [0.1, 0.15) is 0 Å². The molecule has 0 radical (unpaired) electrons. The molecule has 1 unspecified atom stereocenters. The molecule has 0 saturated heterocycles. The van der Waals surface area contributed by atoms with Crippen molar-refractivity contribution >= 4 is 5.78 Å². The number of hydrogen-bond donors (Lipinski definition) is 0. The van der Waals surface area contributed by atoms with Crippen LogP contribution in [-0.4, -0.2) is 5.78 Å². The van der Waals surface area contributed by atoms with Crippen molar-refractivity contribution in [2.75, 3.05) is 0 Å². The zero-order valence-corrected chi connectivity index (χ0v) is 18.5. The van der Waals surface area contributed by atoms with Crippen molar-refractivity contribution in [3.8, 4) is 0 Å². The average molecular weight is 351 g/mol. The number of carbonyl (C=O) groups excluding carboxylic acids is 1. The van der Waals surface area contributed by atoms with Crippen molar-refractivity contribution in [3.63, 3.8) is 0 Å². The molecule has 0 amide bonds. The molecule has 0 bridgehead atoms. The molecular weight excluding hydrogens is 316 g/mol. The summed E-state index contributed by atoms with van der Waals surface area (Å²) < 4.78 is 0. The van der Waals surface area contributed by atoms with Gasteiger partial charge in [-0.1, -0.05) is 6.92 Å². The van der Waals surface area contributed by atoms with Gasteiger partial charge in [-0.25, -0.2) is 0 Å². The second-order valence-electron chi connectivity index (χ2n) is 8.12. The molecule has 0 aliphatic rings. The van der Waals surface area contributed by atoms with E-state index in [4.69, 9.17) is 0 Å². The quantitative estimate of drug-likeness (QED) is 0.559. The van der Waals surface area contributed by atoms with E-state index in [2.05, 4.69) is 76.2 Å². The van der Waals surface area contributed by atoms with E-state index in [1.165, 1.54) is 50.1 Å². The second-order valence-corrected chi connectivity index (χ2v) is 8.12. The molecule has 140 valence electrons. The lowest BCUT2D eigenvalue weighted by molar-refractivity contribution is 0.0964. The van der Waals surface area contributed by atoms with Crippen molar-refractivity contribution in [3.05, 3.63) is 66.8 Å². The van der Waals surface area contributed by atoms with Gasteiger partial charge in [0.2, 0.25) is 0 Å². The lowest BCUT2D eigenvalue weighted by Crippen LogP contribution is -2.18. The Balaban J connectivity index is 2.72. The molecule has 1 nitrogen and oxygen atoms in total. The van der Waals surface area contributed by atoms with E-state index in [0.717, 1.165) is 16.7 Å². The SMILES string of the molecule is Cc1c(C)c(C)c(C(=O)C(C)c2c(C)c(C)c(C)c(C)c2C)c(C)c1C. The standard InChI is InChI=1S/C25H34O/c1-12-14(3)18(7)23(19(8)15(12)4)22(11)25(26)24-20(9)16(5)13(2)17(6)21(24)10/h22H,1-11H3. The van der Waals surface area contributed by atoms with Crippen LogP contribution in [-0.2, 0) is 0 Å². The predicted molar refractivity (Wildman–Crippen MR) is 113 cm³/mol. The lowest BCUT2D eigenvalue weighted by atomic mass is 9.78. The summed E-state index contributed by atoms with van der Waals surface area (Å²) in [5.41, 5.74) is 14.7. The zero-order chi connectivity index (χ0) is 20.1. The van der Waals surface area contributed by atoms with Crippen LogP contribution in [0.5, 0.6) is 0 Å². The third-order valence-corrected chi connectivity index (χ3v) is 7.13.